The Bertz CT molecular complexity index is 401. The van der Waals surface area contributed by atoms with Crippen molar-refractivity contribution < 1.29 is 4.79 Å². The van der Waals surface area contributed by atoms with E-state index in [1.54, 1.807) is 12.3 Å². The van der Waals surface area contributed by atoms with Gasteiger partial charge in [-0.05, 0) is 38.3 Å². The van der Waals surface area contributed by atoms with Crippen molar-refractivity contribution in [1.29, 1.82) is 0 Å². The van der Waals surface area contributed by atoms with E-state index in [0.29, 0.717) is 0 Å². The van der Waals surface area contributed by atoms with E-state index in [1.807, 2.05) is 13.0 Å². The molecular weight excluding hydrogens is 273 g/mol. The molecule has 4 nitrogen and oxygen atoms in total. The predicted octanol–water partition coefficient (Wildman–Crippen LogP) is 2.30. The lowest BCUT2D eigenvalue weighted by atomic mass is 10.1. The molecule has 18 heavy (non-hydrogen) atoms. The van der Waals surface area contributed by atoms with Gasteiger partial charge in [-0.3, -0.25) is 9.78 Å². The number of anilines is 1. The van der Waals surface area contributed by atoms with Gasteiger partial charge in [-0.1, -0.05) is 0 Å². The van der Waals surface area contributed by atoms with E-state index < -0.39 is 0 Å². The molecule has 0 aromatic carbocycles. The number of nitrogens with one attached hydrogen (secondary N) is 1. The molecule has 1 fully saturated rings. The van der Waals surface area contributed by atoms with Crippen LogP contribution in [0, 0.1) is 12.8 Å². The Balaban J connectivity index is 0.00000144. The number of pyridine rings is 1. The number of aromatic nitrogens is 1. The van der Waals surface area contributed by atoms with E-state index in [4.69, 9.17) is 5.73 Å². The van der Waals surface area contributed by atoms with E-state index in [0.717, 1.165) is 30.6 Å². The van der Waals surface area contributed by atoms with Crippen LogP contribution in [0.25, 0.3) is 0 Å². The molecule has 0 spiro atoms. The molecule has 1 aromatic rings. The lowest BCUT2D eigenvalue weighted by Crippen LogP contribution is -2.23. The van der Waals surface area contributed by atoms with Gasteiger partial charge in [0.2, 0.25) is 5.91 Å². The molecule has 1 amide bonds. The van der Waals surface area contributed by atoms with E-state index >= 15 is 0 Å². The number of nitrogens with zero attached hydrogens (tertiary/aromatic N) is 1. The second kappa shape index (κ2) is 7.56. The molecule has 6 heteroatoms. The van der Waals surface area contributed by atoms with Crippen molar-refractivity contribution in [2.75, 3.05) is 5.32 Å². The quantitative estimate of drug-likeness (QED) is 0.879. The molecule has 2 rings (SSSR count). The van der Waals surface area contributed by atoms with Crippen molar-refractivity contribution in [3.05, 3.63) is 24.0 Å². The van der Waals surface area contributed by atoms with Gasteiger partial charge in [0.25, 0.3) is 0 Å². The lowest BCUT2D eigenvalue weighted by molar-refractivity contribution is -0.119. The van der Waals surface area contributed by atoms with Crippen molar-refractivity contribution in [1.82, 2.24) is 4.98 Å². The maximum atomic E-state index is 11.9. The number of rotatable bonds is 2. The Kier molecular flexibility index (Phi) is 7.21. The monoisotopic (exact) mass is 291 g/mol. The van der Waals surface area contributed by atoms with Crippen molar-refractivity contribution >= 4 is 36.4 Å². The summed E-state index contributed by atoms with van der Waals surface area (Å²) in [6.45, 7) is 1.90. The summed E-state index contributed by atoms with van der Waals surface area (Å²) in [5.74, 6) is 0.155. The maximum absolute atomic E-state index is 11.9. The minimum absolute atomic E-state index is 0. The first-order chi connectivity index (χ1) is 7.65. The molecule has 0 aliphatic heterocycles. The molecule has 102 valence electrons. The topological polar surface area (TPSA) is 68.0 Å². The van der Waals surface area contributed by atoms with Crippen molar-refractivity contribution in [3.63, 3.8) is 0 Å². The highest BCUT2D eigenvalue weighted by Gasteiger charge is 2.27. The summed E-state index contributed by atoms with van der Waals surface area (Å²) in [7, 11) is 0. The number of nitrogens with two attached hydrogens (primary N) is 1. The molecule has 1 saturated carbocycles. The second-order valence-electron chi connectivity index (χ2n) is 4.45. The number of aryl methyl sites for hydroxylation is 1. The fourth-order valence-corrected chi connectivity index (χ4v) is 2.12. The Hall–Kier alpha value is -0.840. The minimum Gasteiger partial charge on any atom is -0.328 e. The Morgan fingerprint density at radius 1 is 1.44 bits per heavy atom. The molecule has 1 aromatic heterocycles. The summed E-state index contributed by atoms with van der Waals surface area (Å²) in [5, 5.41) is 2.91. The fourth-order valence-electron chi connectivity index (χ4n) is 2.12. The van der Waals surface area contributed by atoms with Crippen LogP contribution in [0.1, 0.15) is 25.0 Å². The van der Waals surface area contributed by atoms with Gasteiger partial charge >= 0.3 is 0 Å². The smallest absolute Gasteiger partial charge is 0.227 e. The molecule has 2 atom stereocenters. The van der Waals surface area contributed by atoms with Crippen molar-refractivity contribution in [2.45, 2.75) is 32.2 Å². The predicted molar refractivity (Wildman–Crippen MR) is 77.4 cm³/mol. The molecule has 0 saturated heterocycles. The molecular formula is C12H19Cl2N3O. The van der Waals surface area contributed by atoms with Gasteiger partial charge in [-0.15, -0.1) is 24.8 Å². The largest absolute Gasteiger partial charge is 0.328 e. The van der Waals surface area contributed by atoms with Gasteiger partial charge in [0.15, 0.2) is 0 Å². The van der Waals surface area contributed by atoms with Crippen LogP contribution in [0.5, 0.6) is 0 Å². The van der Waals surface area contributed by atoms with Gasteiger partial charge in [0, 0.05) is 29.5 Å². The second-order valence-corrected chi connectivity index (χ2v) is 4.45. The van der Waals surface area contributed by atoms with Crippen LogP contribution in [0.4, 0.5) is 5.69 Å². The molecule has 1 heterocycles. The average Bonchev–Trinajstić information content (AvgIpc) is 2.65. The highest BCUT2D eigenvalue weighted by atomic mass is 35.5. The first-order valence-corrected chi connectivity index (χ1v) is 5.64. The highest BCUT2D eigenvalue weighted by molar-refractivity contribution is 5.92. The third kappa shape index (κ3) is 4.44. The van der Waals surface area contributed by atoms with Crippen molar-refractivity contribution in [2.24, 2.45) is 11.7 Å². The molecule has 0 radical (unpaired) electrons. The summed E-state index contributed by atoms with van der Waals surface area (Å²) < 4.78 is 0. The van der Waals surface area contributed by atoms with Crippen LogP contribution >= 0.6 is 24.8 Å². The number of carbonyl (C=O) groups excluding carboxylic acids is 1. The van der Waals surface area contributed by atoms with Crippen LogP contribution < -0.4 is 11.1 Å². The van der Waals surface area contributed by atoms with E-state index in [2.05, 4.69) is 10.3 Å². The molecule has 2 unspecified atom stereocenters. The Labute approximate surface area is 120 Å². The first kappa shape index (κ1) is 17.2. The zero-order chi connectivity index (χ0) is 11.5. The fraction of sp³-hybridized carbons (Fsp3) is 0.500. The van der Waals surface area contributed by atoms with E-state index in [9.17, 15) is 4.79 Å². The Morgan fingerprint density at radius 3 is 2.72 bits per heavy atom. The average molecular weight is 292 g/mol. The molecule has 3 N–H and O–H groups in total. The van der Waals surface area contributed by atoms with Gasteiger partial charge in [0.05, 0.1) is 0 Å². The SMILES string of the molecule is Cc1cc(NC(=O)C2CCC(N)C2)ccn1.Cl.Cl. The summed E-state index contributed by atoms with van der Waals surface area (Å²) in [4.78, 5) is 16.0. The number of hydrogen-bond acceptors (Lipinski definition) is 3. The lowest BCUT2D eigenvalue weighted by Gasteiger charge is -2.10. The minimum atomic E-state index is 0. The number of amides is 1. The third-order valence-corrected chi connectivity index (χ3v) is 3.01. The number of hydrogen-bond donors (Lipinski definition) is 2. The van der Waals surface area contributed by atoms with Crippen LogP contribution in [-0.2, 0) is 4.79 Å². The number of halogens is 2. The van der Waals surface area contributed by atoms with Crippen LogP contribution in [0.15, 0.2) is 18.3 Å². The normalized spacial score (nSPS) is 21.7. The van der Waals surface area contributed by atoms with Gasteiger partial charge < -0.3 is 11.1 Å². The van der Waals surface area contributed by atoms with E-state index in [1.165, 1.54) is 0 Å². The van der Waals surface area contributed by atoms with E-state index in [-0.39, 0.29) is 42.7 Å². The van der Waals surface area contributed by atoms with Gasteiger partial charge in [-0.25, -0.2) is 0 Å². The zero-order valence-electron chi connectivity index (χ0n) is 10.3. The van der Waals surface area contributed by atoms with Crippen LogP contribution in [0.3, 0.4) is 0 Å². The zero-order valence-corrected chi connectivity index (χ0v) is 11.9. The third-order valence-electron chi connectivity index (χ3n) is 3.01. The first-order valence-electron chi connectivity index (χ1n) is 5.64. The molecule has 1 aliphatic rings. The Morgan fingerprint density at radius 2 is 2.17 bits per heavy atom. The summed E-state index contributed by atoms with van der Waals surface area (Å²) in [6, 6.07) is 3.86. The van der Waals surface area contributed by atoms with Crippen LogP contribution in [-0.4, -0.2) is 16.9 Å². The maximum Gasteiger partial charge on any atom is 0.227 e. The highest BCUT2D eigenvalue weighted by Crippen LogP contribution is 2.25. The summed E-state index contributed by atoms with van der Waals surface area (Å²) in [6.07, 6.45) is 4.35. The summed E-state index contributed by atoms with van der Waals surface area (Å²) >= 11 is 0. The van der Waals surface area contributed by atoms with Gasteiger partial charge in [0.1, 0.15) is 0 Å². The number of carbonyl (C=O) groups is 1. The van der Waals surface area contributed by atoms with Crippen molar-refractivity contribution in [3.8, 4) is 0 Å². The van der Waals surface area contributed by atoms with Gasteiger partial charge in [-0.2, -0.15) is 0 Å². The molecule has 1 aliphatic carbocycles. The molecule has 0 bridgehead atoms. The standard InChI is InChI=1S/C12H17N3O.2ClH/c1-8-6-11(4-5-14-8)15-12(16)9-2-3-10(13)7-9;;/h4-6,9-10H,2-3,7,13H2,1H3,(H,14,15,16);2*1H. The van der Waals surface area contributed by atoms with Crippen LogP contribution in [0.2, 0.25) is 0 Å². The summed E-state index contributed by atoms with van der Waals surface area (Å²) in [5.41, 5.74) is 7.51.